The zero-order valence-corrected chi connectivity index (χ0v) is 12.9. The van der Waals surface area contributed by atoms with Crippen molar-refractivity contribution in [2.24, 2.45) is 5.41 Å². The predicted octanol–water partition coefficient (Wildman–Crippen LogP) is 5.73. The molecule has 0 heterocycles. The van der Waals surface area contributed by atoms with Crippen LogP contribution in [0.15, 0.2) is 0 Å². The molecular formula is C15H17F7. The highest BCUT2D eigenvalue weighted by Crippen LogP contribution is 2.53. The monoisotopic (exact) mass is 330 g/mol. The third kappa shape index (κ3) is 2.38. The van der Waals surface area contributed by atoms with E-state index in [9.17, 15) is 30.7 Å². The van der Waals surface area contributed by atoms with Crippen molar-refractivity contribution >= 4 is 0 Å². The molecule has 0 aliphatic rings. The van der Waals surface area contributed by atoms with Gasteiger partial charge < -0.3 is 0 Å². The first kappa shape index (κ1) is 18.8. The minimum atomic E-state index is -3.73. The number of hydrogen-bond acceptors (Lipinski definition) is 0. The molecule has 0 aromatic heterocycles. The summed E-state index contributed by atoms with van der Waals surface area (Å²) in [6.45, 7) is 5.31. The number of rotatable bonds is 4. The van der Waals surface area contributed by atoms with Crippen LogP contribution in [-0.2, 0) is 5.41 Å². The Labute approximate surface area is 124 Å². The Morgan fingerprint density at radius 2 is 1.00 bits per heavy atom. The highest BCUT2D eigenvalue weighted by atomic mass is 19.3. The minimum Gasteiger partial charge on any atom is -0.205 e. The van der Waals surface area contributed by atoms with E-state index in [0.29, 0.717) is 0 Å². The standard InChI is InChI=1S/C15H17F7/c1-6-13(2,3)15(21,22)14(4,5)7-8(16)10(18)12(20)11(19)9(7)17/h6H2,1-5H3. The topological polar surface area (TPSA) is 0 Å². The summed E-state index contributed by atoms with van der Waals surface area (Å²) in [5, 5.41) is 0. The highest BCUT2D eigenvalue weighted by molar-refractivity contribution is 5.33. The average Bonchev–Trinajstić information content (AvgIpc) is 2.42. The summed E-state index contributed by atoms with van der Waals surface area (Å²) in [7, 11) is 0. The minimum absolute atomic E-state index is 0.0567. The third-order valence-electron chi connectivity index (χ3n) is 4.35. The van der Waals surface area contributed by atoms with Crippen LogP contribution in [0, 0.1) is 34.5 Å². The summed E-state index contributed by atoms with van der Waals surface area (Å²) < 4.78 is 96.8. The number of benzene rings is 1. The van der Waals surface area contributed by atoms with E-state index >= 15 is 0 Å². The molecule has 126 valence electrons. The van der Waals surface area contributed by atoms with Crippen molar-refractivity contribution in [3.63, 3.8) is 0 Å². The van der Waals surface area contributed by atoms with Crippen molar-refractivity contribution < 1.29 is 30.7 Å². The lowest BCUT2D eigenvalue weighted by molar-refractivity contribution is -0.159. The molecule has 0 radical (unpaired) electrons. The van der Waals surface area contributed by atoms with Gasteiger partial charge in [-0.15, -0.1) is 0 Å². The number of alkyl halides is 2. The van der Waals surface area contributed by atoms with Gasteiger partial charge in [-0.25, -0.2) is 30.7 Å². The van der Waals surface area contributed by atoms with Crippen LogP contribution in [0.1, 0.15) is 46.6 Å². The van der Waals surface area contributed by atoms with Crippen molar-refractivity contribution in [1.82, 2.24) is 0 Å². The molecule has 0 saturated carbocycles. The molecule has 0 bridgehead atoms. The van der Waals surface area contributed by atoms with Gasteiger partial charge in [-0.3, -0.25) is 0 Å². The molecule has 0 fully saturated rings. The molecular weight excluding hydrogens is 313 g/mol. The van der Waals surface area contributed by atoms with Gasteiger partial charge in [0.1, 0.15) is 0 Å². The van der Waals surface area contributed by atoms with Crippen LogP contribution in [0.2, 0.25) is 0 Å². The Balaban J connectivity index is 3.74. The predicted molar refractivity (Wildman–Crippen MR) is 68.3 cm³/mol. The smallest absolute Gasteiger partial charge is 0.205 e. The number of halogens is 7. The first-order valence-corrected chi connectivity index (χ1v) is 6.63. The second-order valence-electron chi connectivity index (χ2n) is 6.38. The maximum absolute atomic E-state index is 14.7. The average molecular weight is 330 g/mol. The largest absolute Gasteiger partial charge is 0.262 e. The van der Waals surface area contributed by atoms with Crippen molar-refractivity contribution in [2.45, 2.75) is 52.4 Å². The van der Waals surface area contributed by atoms with Gasteiger partial charge in [0.15, 0.2) is 23.3 Å². The van der Waals surface area contributed by atoms with Crippen LogP contribution in [-0.4, -0.2) is 5.92 Å². The van der Waals surface area contributed by atoms with Gasteiger partial charge in [0.25, 0.3) is 5.92 Å². The van der Waals surface area contributed by atoms with Crippen LogP contribution < -0.4 is 0 Å². The van der Waals surface area contributed by atoms with Crippen molar-refractivity contribution in [3.05, 3.63) is 34.6 Å². The van der Waals surface area contributed by atoms with Gasteiger partial charge in [-0.05, 0) is 20.3 Å². The summed E-state index contributed by atoms with van der Waals surface area (Å²) in [4.78, 5) is 0. The van der Waals surface area contributed by atoms with E-state index in [1.165, 1.54) is 20.8 Å². The van der Waals surface area contributed by atoms with Gasteiger partial charge in [0.05, 0.1) is 5.41 Å². The van der Waals surface area contributed by atoms with Crippen LogP contribution in [0.3, 0.4) is 0 Å². The molecule has 1 aromatic carbocycles. The second-order valence-corrected chi connectivity index (χ2v) is 6.38. The molecule has 0 saturated heterocycles. The Bertz CT molecular complexity index is 559. The van der Waals surface area contributed by atoms with Crippen LogP contribution in [0.4, 0.5) is 30.7 Å². The first-order valence-electron chi connectivity index (χ1n) is 6.63. The maximum atomic E-state index is 14.7. The zero-order valence-electron chi connectivity index (χ0n) is 12.9. The van der Waals surface area contributed by atoms with Crippen molar-refractivity contribution in [1.29, 1.82) is 0 Å². The molecule has 0 aliphatic heterocycles. The Morgan fingerprint density at radius 3 is 1.32 bits per heavy atom. The molecule has 0 atom stereocenters. The van der Waals surface area contributed by atoms with Gasteiger partial charge in [0.2, 0.25) is 5.82 Å². The second kappa shape index (κ2) is 5.42. The maximum Gasteiger partial charge on any atom is 0.262 e. The SMILES string of the molecule is CCC(C)(C)C(F)(F)C(C)(C)c1c(F)c(F)c(F)c(F)c1F. The first-order chi connectivity index (χ1) is 9.74. The van der Waals surface area contributed by atoms with Gasteiger partial charge in [0, 0.05) is 11.0 Å². The molecule has 1 rings (SSSR count). The van der Waals surface area contributed by atoms with Crippen LogP contribution in [0.25, 0.3) is 0 Å². The molecule has 1 aromatic rings. The lowest BCUT2D eigenvalue weighted by atomic mass is 9.66. The lowest BCUT2D eigenvalue weighted by Crippen LogP contribution is -2.52. The Morgan fingerprint density at radius 1 is 0.682 bits per heavy atom. The van der Waals surface area contributed by atoms with Crippen LogP contribution in [0.5, 0.6) is 0 Å². The van der Waals surface area contributed by atoms with Gasteiger partial charge in [-0.2, -0.15) is 0 Å². The van der Waals surface area contributed by atoms with Gasteiger partial charge >= 0.3 is 0 Å². The van der Waals surface area contributed by atoms with E-state index < -0.39 is 51.4 Å². The van der Waals surface area contributed by atoms with E-state index in [1.807, 2.05) is 0 Å². The molecule has 22 heavy (non-hydrogen) atoms. The Hall–Kier alpha value is -1.27. The zero-order chi connectivity index (χ0) is 17.7. The highest BCUT2D eigenvalue weighted by Gasteiger charge is 2.59. The van der Waals surface area contributed by atoms with E-state index in [-0.39, 0.29) is 6.42 Å². The van der Waals surface area contributed by atoms with Crippen LogP contribution >= 0.6 is 0 Å². The summed E-state index contributed by atoms with van der Waals surface area (Å²) in [5.74, 6) is -15.0. The fraction of sp³-hybridized carbons (Fsp3) is 0.600. The van der Waals surface area contributed by atoms with Gasteiger partial charge in [-0.1, -0.05) is 20.8 Å². The normalized spacial score (nSPS) is 13.6. The quantitative estimate of drug-likeness (QED) is 0.376. The van der Waals surface area contributed by atoms with E-state index in [4.69, 9.17) is 0 Å². The fourth-order valence-electron chi connectivity index (χ4n) is 2.38. The van der Waals surface area contributed by atoms with E-state index in [0.717, 1.165) is 13.8 Å². The summed E-state index contributed by atoms with van der Waals surface area (Å²) in [5.41, 5.74) is -5.82. The van der Waals surface area contributed by atoms with Crippen molar-refractivity contribution in [3.8, 4) is 0 Å². The molecule has 0 nitrogen and oxygen atoms in total. The molecule has 0 amide bonds. The molecule has 0 aliphatic carbocycles. The van der Waals surface area contributed by atoms with Crippen molar-refractivity contribution in [2.75, 3.05) is 0 Å². The molecule has 0 spiro atoms. The lowest BCUT2D eigenvalue weighted by Gasteiger charge is -2.44. The molecule has 0 unspecified atom stereocenters. The van der Waals surface area contributed by atoms with E-state index in [1.54, 1.807) is 0 Å². The molecule has 7 heteroatoms. The number of hydrogen-bond donors (Lipinski definition) is 0. The third-order valence-corrected chi connectivity index (χ3v) is 4.35. The van der Waals surface area contributed by atoms with E-state index in [2.05, 4.69) is 0 Å². The fourth-order valence-corrected chi connectivity index (χ4v) is 2.38. The summed E-state index contributed by atoms with van der Waals surface area (Å²) in [6.07, 6.45) is -0.0567. The Kier molecular flexibility index (Phi) is 4.63. The summed E-state index contributed by atoms with van der Waals surface area (Å²) in [6, 6.07) is 0. The summed E-state index contributed by atoms with van der Waals surface area (Å²) >= 11 is 0. The molecule has 0 N–H and O–H groups in total.